The summed E-state index contributed by atoms with van der Waals surface area (Å²) >= 11 is 0. The number of nitrogens with zero attached hydrogens (tertiary/aromatic N) is 1. The van der Waals surface area contributed by atoms with Gasteiger partial charge in [-0.1, -0.05) is 0 Å². The summed E-state index contributed by atoms with van der Waals surface area (Å²) < 4.78 is 5.36. The summed E-state index contributed by atoms with van der Waals surface area (Å²) in [5.41, 5.74) is 6.57. The Hall–Kier alpha value is -1.66. The zero-order valence-corrected chi connectivity index (χ0v) is 10.4. The third kappa shape index (κ3) is 3.18. The molecule has 4 N–H and O–H groups in total. The van der Waals surface area contributed by atoms with Crippen LogP contribution in [-0.4, -0.2) is 43.2 Å². The van der Waals surface area contributed by atoms with E-state index in [4.69, 9.17) is 10.5 Å². The van der Waals surface area contributed by atoms with Gasteiger partial charge in [0.1, 0.15) is 5.82 Å². The number of carbonyl (C=O) groups is 1. The second-order valence-corrected chi connectivity index (χ2v) is 4.32. The number of pyridine rings is 1. The van der Waals surface area contributed by atoms with Crippen molar-refractivity contribution in [3.05, 3.63) is 23.4 Å². The minimum Gasteiger partial charge on any atom is -0.378 e. The standard InChI is InChI=1S/C12H18N4O2/c1-8-2-3-10(11(13)17)12(16-8)15-6-9-7-18-5-4-14-9/h2-3,9,14H,4-7H2,1H3,(H2,13,17)(H,15,16). The molecule has 1 aliphatic rings. The van der Waals surface area contributed by atoms with Gasteiger partial charge in [0, 0.05) is 24.8 Å². The highest BCUT2D eigenvalue weighted by Crippen LogP contribution is 2.12. The zero-order chi connectivity index (χ0) is 13.0. The van der Waals surface area contributed by atoms with E-state index in [1.807, 2.05) is 6.92 Å². The van der Waals surface area contributed by atoms with E-state index >= 15 is 0 Å². The molecule has 1 aromatic heterocycles. The van der Waals surface area contributed by atoms with E-state index in [-0.39, 0.29) is 6.04 Å². The highest BCUT2D eigenvalue weighted by Gasteiger charge is 2.15. The number of anilines is 1. The molecule has 2 rings (SSSR count). The van der Waals surface area contributed by atoms with E-state index in [0.29, 0.717) is 24.5 Å². The van der Waals surface area contributed by atoms with Gasteiger partial charge in [-0.15, -0.1) is 0 Å². The maximum absolute atomic E-state index is 11.3. The number of aromatic nitrogens is 1. The topological polar surface area (TPSA) is 89.3 Å². The molecule has 0 spiro atoms. The Labute approximate surface area is 106 Å². The fourth-order valence-corrected chi connectivity index (χ4v) is 1.86. The second kappa shape index (κ2) is 5.79. The highest BCUT2D eigenvalue weighted by atomic mass is 16.5. The van der Waals surface area contributed by atoms with Gasteiger partial charge in [0.25, 0.3) is 5.91 Å². The largest absolute Gasteiger partial charge is 0.378 e. The van der Waals surface area contributed by atoms with Crippen LogP contribution in [0, 0.1) is 6.92 Å². The Kier molecular flexibility index (Phi) is 4.11. The lowest BCUT2D eigenvalue weighted by Gasteiger charge is -2.24. The lowest BCUT2D eigenvalue weighted by Crippen LogP contribution is -2.45. The Bertz CT molecular complexity index is 430. The van der Waals surface area contributed by atoms with Gasteiger partial charge in [-0.2, -0.15) is 0 Å². The molecule has 0 saturated carbocycles. The van der Waals surface area contributed by atoms with E-state index in [0.717, 1.165) is 18.8 Å². The van der Waals surface area contributed by atoms with Gasteiger partial charge in [0.15, 0.2) is 0 Å². The number of hydrogen-bond donors (Lipinski definition) is 3. The second-order valence-electron chi connectivity index (χ2n) is 4.32. The fraction of sp³-hybridized carbons (Fsp3) is 0.500. The first-order valence-electron chi connectivity index (χ1n) is 5.99. The monoisotopic (exact) mass is 250 g/mol. The quantitative estimate of drug-likeness (QED) is 0.694. The predicted molar refractivity (Wildman–Crippen MR) is 68.6 cm³/mol. The molecule has 0 aromatic carbocycles. The first kappa shape index (κ1) is 12.8. The molecule has 6 nitrogen and oxygen atoms in total. The number of carbonyl (C=O) groups excluding carboxylic acids is 1. The fourth-order valence-electron chi connectivity index (χ4n) is 1.86. The van der Waals surface area contributed by atoms with Crippen LogP contribution in [0.2, 0.25) is 0 Å². The third-order valence-corrected chi connectivity index (χ3v) is 2.81. The summed E-state index contributed by atoms with van der Waals surface area (Å²) in [4.78, 5) is 15.6. The van der Waals surface area contributed by atoms with Gasteiger partial charge in [-0.3, -0.25) is 4.79 Å². The number of primary amides is 1. The Balaban J connectivity index is 2.03. The van der Waals surface area contributed by atoms with Crippen LogP contribution >= 0.6 is 0 Å². The maximum atomic E-state index is 11.3. The molecule has 1 saturated heterocycles. The molecule has 0 bridgehead atoms. The van der Waals surface area contributed by atoms with Crippen molar-refractivity contribution < 1.29 is 9.53 Å². The summed E-state index contributed by atoms with van der Waals surface area (Å²) in [6.45, 7) is 4.77. The summed E-state index contributed by atoms with van der Waals surface area (Å²) in [6, 6.07) is 3.69. The number of morpholine rings is 1. The maximum Gasteiger partial charge on any atom is 0.252 e. The van der Waals surface area contributed by atoms with Gasteiger partial charge in [0.05, 0.1) is 18.8 Å². The molecule has 1 unspecified atom stereocenters. The molecule has 98 valence electrons. The van der Waals surface area contributed by atoms with E-state index in [1.54, 1.807) is 12.1 Å². The number of hydrogen-bond acceptors (Lipinski definition) is 5. The third-order valence-electron chi connectivity index (χ3n) is 2.81. The predicted octanol–water partition coefficient (Wildman–Crippen LogP) is -0.111. The summed E-state index contributed by atoms with van der Waals surface area (Å²) in [7, 11) is 0. The van der Waals surface area contributed by atoms with Gasteiger partial charge in [-0.05, 0) is 19.1 Å². The Morgan fingerprint density at radius 3 is 3.17 bits per heavy atom. The lowest BCUT2D eigenvalue weighted by atomic mass is 10.2. The Morgan fingerprint density at radius 2 is 2.50 bits per heavy atom. The van der Waals surface area contributed by atoms with Crippen molar-refractivity contribution in [3.8, 4) is 0 Å². The van der Waals surface area contributed by atoms with Crippen molar-refractivity contribution in [1.29, 1.82) is 0 Å². The van der Waals surface area contributed by atoms with Crippen LogP contribution in [0.4, 0.5) is 5.82 Å². The molecule has 1 atom stereocenters. The number of aryl methyl sites for hydroxylation is 1. The van der Waals surface area contributed by atoms with Gasteiger partial charge < -0.3 is 21.1 Å². The van der Waals surface area contributed by atoms with Crippen LogP contribution in [-0.2, 0) is 4.74 Å². The highest BCUT2D eigenvalue weighted by molar-refractivity contribution is 5.97. The summed E-state index contributed by atoms with van der Waals surface area (Å²) in [5, 5.41) is 6.47. The Morgan fingerprint density at radius 1 is 1.67 bits per heavy atom. The van der Waals surface area contributed by atoms with E-state index in [9.17, 15) is 4.79 Å². The zero-order valence-electron chi connectivity index (χ0n) is 10.4. The molecule has 1 aromatic rings. The van der Waals surface area contributed by atoms with Crippen LogP contribution in [0.1, 0.15) is 16.1 Å². The lowest BCUT2D eigenvalue weighted by molar-refractivity contribution is 0.0806. The minimum atomic E-state index is -0.474. The molecular weight excluding hydrogens is 232 g/mol. The SMILES string of the molecule is Cc1ccc(C(N)=O)c(NCC2COCCN2)n1. The molecule has 6 heteroatoms. The van der Waals surface area contributed by atoms with E-state index in [2.05, 4.69) is 15.6 Å². The smallest absolute Gasteiger partial charge is 0.252 e. The summed E-state index contributed by atoms with van der Waals surface area (Å²) in [6.07, 6.45) is 0. The molecule has 0 radical (unpaired) electrons. The van der Waals surface area contributed by atoms with Gasteiger partial charge in [-0.25, -0.2) is 4.98 Å². The number of nitrogens with two attached hydrogens (primary N) is 1. The molecule has 18 heavy (non-hydrogen) atoms. The molecule has 0 aliphatic carbocycles. The van der Waals surface area contributed by atoms with Crippen LogP contribution in [0.5, 0.6) is 0 Å². The molecule has 2 heterocycles. The number of ether oxygens (including phenoxy) is 1. The van der Waals surface area contributed by atoms with Gasteiger partial charge >= 0.3 is 0 Å². The average Bonchev–Trinajstić information content (AvgIpc) is 2.37. The summed E-state index contributed by atoms with van der Waals surface area (Å²) in [5.74, 6) is 0.0627. The molecule has 1 amide bonds. The first-order chi connectivity index (χ1) is 8.66. The molecule has 1 fully saturated rings. The van der Waals surface area contributed by atoms with Crippen molar-refractivity contribution in [2.45, 2.75) is 13.0 Å². The molecule has 1 aliphatic heterocycles. The number of nitrogens with one attached hydrogen (secondary N) is 2. The molecular formula is C12H18N4O2. The number of amides is 1. The van der Waals surface area contributed by atoms with E-state index < -0.39 is 5.91 Å². The van der Waals surface area contributed by atoms with E-state index in [1.165, 1.54) is 0 Å². The van der Waals surface area contributed by atoms with Gasteiger partial charge in [0.2, 0.25) is 0 Å². The van der Waals surface area contributed by atoms with Crippen LogP contribution in [0.25, 0.3) is 0 Å². The van der Waals surface area contributed by atoms with Crippen LogP contribution < -0.4 is 16.4 Å². The van der Waals surface area contributed by atoms with Crippen LogP contribution in [0.15, 0.2) is 12.1 Å². The minimum absolute atomic E-state index is 0.224. The van der Waals surface area contributed by atoms with Crippen LogP contribution in [0.3, 0.4) is 0 Å². The van der Waals surface area contributed by atoms with Crippen molar-refractivity contribution in [2.75, 3.05) is 31.6 Å². The van der Waals surface area contributed by atoms with Crippen molar-refractivity contribution in [3.63, 3.8) is 0 Å². The first-order valence-corrected chi connectivity index (χ1v) is 5.99. The van der Waals surface area contributed by atoms with Crippen molar-refractivity contribution in [1.82, 2.24) is 10.3 Å². The normalized spacial score (nSPS) is 19.5. The van der Waals surface area contributed by atoms with Crippen molar-refractivity contribution in [2.24, 2.45) is 5.73 Å². The average molecular weight is 250 g/mol. The van der Waals surface area contributed by atoms with Crippen molar-refractivity contribution >= 4 is 11.7 Å². The number of rotatable bonds is 4.